The minimum atomic E-state index is -0.00521. The fourth-order valence-corrected chi connectivity index (χ4v) is 1.51. The molecule has 2 rings (SSSR count). The average molecular weight is 129 g/mol. The topological polar surface area (TPSA) is 32.5 Å². The summed E-state index contributed by atoms with van der Waals surface area (Å²) in [5.41, 5.74) is -0.00521. The summed E-state index contributed by atoms with van der Waals surface area (Å²) in [5, 5.41) is 8.61. The van der Waals surface area contributed by atoms with Gasteiger partial charge in [-0.25, -0.2) is 0 Å². The number of aliphatic hydroxyl groups is 1. The standard InChI is InChI=1S/C6H11NO2/c8-3-1-6-5-7(6)2-4-9-6/h8H,1-5H2. The van der Waals surface area contributed by atoms with Gasteiger partial charge in [0.1, 0.15) is 5.72 Å². The SMILES string of the molecule is OCCC12CN1CCO2. The van der Waals surface area contributed by atoms with Crippen LogP contribution in [0.2, 0.25) is 0 Å². The molecule has 0 radical (unpaired) electrons. The first kappa shape index (κ1) is 5.65. The Bertz CT molecular complexity index is 128. The number of hydrogen-bond acceptors (Lipinski definition) is 3. The molecular formula is C6H11NO2. The highest BCUT2D eigenvalue weighted by atomic mass is 16.5. The Balaban J connectivity index is 1.95. The zero-order valence-electron chi connectivity index (χ0n) is 5.34. The molecule has 2 aliphatic rings. The van der Waals surface area contributed by atoms with E-state index in [-0.39, 0.29) is 12.3 Å². The van der Waals surface area contributed by atoms with Crippen molar-refractivity contribution < 1.29 is 9.84 Å². The summed E-state index contributed by atoms with van der Waals surface area (Å²) in [4.78, 5) is 2.25. The molecule has 2 heterocycles. The molecule has 0 aromatic carbocycles. The molecule has 2 aliphatic heterocycles. The van der Waals surface area contributed by atoms with Gasteiger partial charge in [0.2, 0.25) is 0 Å². The number of morpholine rings is 1. The van der Waals surface area contributed by atoms with E-state index >= 15 is 0 Å². The monoisotopic (exact) mass is 129 g/mol. The number of ether oxygens (including phenoxy) is 1. The van der Waals surface area contributed by atoms with Crippen LogP contribution in [0.25, 0.3) is 0 Å². The van der Waals surface area contributed by atoms with E-state index in [1.165, 1.54) is 0 Å². The number of hydrogen-bond donors (Lipinski definition) is 1. The van der Waals surface area contributed by atoms with Gasteiger partial charge in [-0.05, 0) is 0 Å². The highest BCUT2D eigenvalue weighted by Crippen LogP contribution is 2.40. The van der Waals surface area contributed by atoms with Gasteiger partial charge in [0.25, 0.3) is 0 Å². The summed E-state index contributed by atoms with van der Waals surface area (Å²) in [6.07, 6.45) is 0.785. The quantitative estimate of drug-likeness (QED) is 0.506. The van der Waals surface area contributed by atoms with E-state index in [1.54, 1.807) is 0 Å². The van der Waals surface area contributed by atoms with Crippen LogP contribution in [-0.2, 0) is 4.74 Å². The Morgan fingerprint density at radius 3 is 3.00 bits per heavy atom. The maximum atomic E-state index is 8.61. The van der Waals surface area contributed by atoms with Crippen LogP contribution in [0.1, 0.15) is 6.42 Å². The molecule has 0 aliphatic carbocycles. The van der Waals surface area contributed by atoms with Gasteiger partial charge in [-0.15, -0.1) is 0 Å². The van der Waals surface area contributed by atoms with Gasteiger partial charge in [-0.3, -0.25) is 4.90 Å². The van der Waals surface area contributed by atoms with Gasteiger partial charge in [-0.2, -0.15) is 0 Å². The number of aliphatic hydroxyl groups excluding tert-OH is 1. The molecule has 0 saturated carbocycles. The first-order valence-corrected chi connectivity index (χ1v) is 3.37. The molecule has 0 aromatic rings. The van der Waals surface area contributed by atoms with E-state index in [0.717, 1.165) is 26.1 Å². The molecule has 2 atom stereocenters. The van der Waals surface area contributed by atoms with Crippen molar-refractivity contribution in [1.29, 1.82) is 0 Å². The highest BCUT2D eigenvalue weighted by Gasteiger charge is 2.56. The zero-order valence-corrected chi connectivity index (χ0v) is 5.34. The second-order valence-electron chi connectivity index (χ2n) is 2.69. The fourth-order valence-electron chi connectivity index (χ4n) is 1.51. The van der Waals surface area contributed by atoms with Crippen molar-refractivity contribution in [1.82, 2.24) is 4.90 Å². The second kappa shape index (κ2) is 1.68. The Morgan fingerprint density at radius 2 is 2.56 bits per heavy atom. The van der Waals surface area contributed by atoms with Crippen LogP contribution in [0.3, 0.4) is 0 Å². The smallest absolute Gasteiger partial charge is 0.137 e. The fraction of sp³-hybridized carbons (Fsp3) is 1.00. The molecule has 2 fully saturated rings. The summed E-state index contributed by atoms with van der Waals surface area (Å²) >= 11 is 0. The van der Waals surface area contributed by atoms with Crippen LogP contribution in [0.4, 0.5) is 0 Å². The van der Waals surface area contributed by atoms with Crippen LogP contribution in [0.15, 0.2) is 0 Å². The lowest BCUT2D eigenvalue weighted by molar-refractivity contribution is 0.0393. The molecule has 0 amide bonds. The summed E-state index contributed by atoms with van der Waals surface area (Å²) < 4.78 is 5.42. The molecule has 2 unspecified atom stereocenters. The average Bonchev–Trinajstić information content (AvgIpc) is 2.37. The van der Waals surface area contributed by atoms with E-state index in [2.05, 4.69) is 4.90 Å². The molecule has 0 spiro atoms. The molecule has 9 heavy (non-hydrogen) atoms. The van der Waals surface area contributed by atoms with Gasteiger partial charge in [0.15, 0.2) is 0 Å². The molecular weight excluding hydrogens is 118 g/mol. The maximum absolute atomic E-state index is 8.61. The van der Waals surface area contributed by atoms with E-state index in [0.29, 0.717) is 0 Å². The number of nitrogens with zero attached hydrogens (tertiary/aromatic N) is 1. The van der Waals surface area contributed by atoms with Crippen molar-refractivity contribution in [2.24, 2.45) is 0 Å². The molecule has 3 nitrogen and oxygen atoms in total. The first-order chi connectivity index (χ1) is 4.37. The van der Waals surface area contributed by atoms with E-state index in [1.807, 2.05) is 0 Å². The Morgan fingerprint density at radius 1 is 1.67 bits per heavy atom. The molecule has 0 aromatic heterocycles. The van der Waals surface area contributed by atoms with Crippen LogP contribution in [0.5, 0.6) is 0 Å². The van der Waals surface area contributed by atoms with Gasteiger partial charge in [0.05, 0.1) is 6.61 Å². The lowest BCUT2D eigenvalue weighted by Crippen LogP contribution is -2.16. The van der Waals surface area contributed by atoms with Gasteiger partial charge in [0, 0.05) is 26.1 Å². The van der Waals surface area contributed by atoms with Gasteiger partial charge >= 0.3 is 0 Å². The minimum Gasteiger partial charge on any atom is -0.396 e. The predicted octanol–water partition coefficient (Wildman–Crippen LogP) is -0.589. The molecule has 1 N–H and O–H groups in total. The minimum absolute atomic E-state index is 0.00521. The van der Waals surface area contributed by atoms with E-state index in [4.69, 9.17) is 9.84 Å². The van der Waals surface area contributed by atoms with Crippen LogP contribution in [-0.4, -0.2) is 42.0 Å². The third-order valence-corrected chi connectivity index (χ3v) is 2.15. The van der Waals surface area contributed by atoms with Gasteiger partial charge in [-0.1, -0.05) is 0 Å². The van der Waals surface area contributed by atoms with Crippen LogP contribution >= 0.6 is 0 Å². The van der Waals surface area contributed by atoms with Crippen molar-refractivity contribution in [3.63, 3.8) is 0 Å². The van der Waals surface area contributed by atoms with Crippen LogP contribution in [0, 0.1) is 0 Å². The van der Waals surface area contributed by atoms with E-state index < -0.39 is 0 Å². The van der Waals surface area contributed by atoms with Crippen molar-refractivity contribution in [2.45, 2.75) is 12.1 Å². The molecule has 2 saturated heterocycles. The Hall–Kier alpha value is -0.120. The van der Waals surface area contributed by atoms with Gasteiger partial charge < -0.3 is 9.84 Å². The highest BCUT2D eigenvalue weighted by molar-refractivity contribution is 5.02. The van der Waals surface area contributed by atoms with Crippen molar-refractivity contribution in [3.8, 4) is 0 Å². The first-order valence-electron chi connectivity index (χ1n) is 3.37. The molecule has 52 valence electrons. The molecule has 3 heteroatoms. The third-order valence-electron chi connectivity index (χ3n) is 2.15. The van der Waals surface area contributed by atoms with Crippen molar-refractivity contribution in [3.05, 3.63) is 0 Å². The number of fused-ring (bicyclic) bond motifs is 1. The maximum Gasteiger partial charge on any atom is 0.137 e. The van der Waals surface area contributed by atoms with Crippen molar-refractivity contribution in [2.75, 3.05) is 26.3 Å². The zero-order chi connectivity index (χ0) is 6.32. The summed E-state index contributed by atoms with van der Waals surface area (Å²) in [6.45, 7) is 3.18. The normalized spacial score (nSPS) is 47.0. The second-order valence-corrected chi connectivity index (χ2v) is 2.69. The number of rotatable bonds is 2. The predicted molar refractivity (Wildman–Crippen MR) is 32.0 cm³/mol. The molecule has 0 bridgehead atoms. The lowest BCUT2D eigenvalue weighted by Gasteiger charge is -2.06. The summed E-state index contributed by atoms with van der Waals surface area (Å²) in [7, 11) is 0. The van der Waals surface area contributed by atoms with E-state index in [9.17, 15) is 0 Å². The lowest BCUT2D eigenvalue weighted by atomic mass is 10.3. The Labute approximate surface area is 54.2 Å². The third kappa shape index (κ3) is 0.689. The Kier molecular flexibility index (Phi) is 1.06. The summed E-state index contributed by atoms with van der Waals surface area (Å²) in [6, 6.07) is 0. The van der Waals surface area contributed by atoms with Crippen molar-refractivity contribution >= 4 is 0 Å². The largest absolute Gasteiger partial charge is 0.396 e. The van der Waals surface area contributed by atoms with Crippen LogP contribution < -0.4 is 0 Å². The summed E-state index contributed by atoms with van der Waals surface area (Å²) in [5.74, 6) is 0.